The zero-order chi connectivity index (χ0) is 14.9. The molecule has 3 aliphatic rings. The van der Waals surface area contributed by atoms with Crippen molar-refractivity contribution in [3.8, 4) is 0 Å². The summed E-state index contributed by atoms with van der Waals surface area (Å²) in [5, 5.41) is 12.1. The molecule has 2 atom stereocenters. The second-order valence-electron chi connectivity index (χ2n) is 7.59. The van der Waals surface area contributed by atoms with E-state index < -0.39 is 5.60 Å². The second kappa shape index (κ2) is 4.24. The first-order chi connectivity index (χ1) is 10.6. The smallest absolute Gasteiger partial charge is 0.0932 e. The van der Waals surface area contributed by atoms with E-state index in [2.05, 4.69) is 40.4 Å². The molecule has 2 N–H and O–H groups in total. The molecule has 1 aromatic carbocycles. The van der Waals surface area contributed by atoms with E-state index >= 15 is 0 Å². The molecule has 114 valence electrons. The zero-order valence-corrected chi connectivity index (χ0v) is 13.0. The first-order valence-electron chi connectivity index (χ1n) is 8.39. The third kappa shape index (κ3) is 1.89. The molecule has 5 rings (SSSR count). The van der Waals surface area contributed by atoms with E-state index in [1.165, 1.54) is 40.4 Å². The number of hydrogen-bond donors (Lipinski definition) is 2. The number of hydrogen-bond acceptors (Lipinski definition) is 2. The van der Waals surface area contributed by atoms with Crippen molar-refractivity contribution < 1.29 is 5.11 Å². The van der Waals surface area contributed by atoms with Gasteiger partial charge in [-0.1, -0.05) is 12.1 Å². The number of β-amino-alcohol motifs (C(OH)–C–C–N with tert-alkyl or cyclic N) is 1. The van der Waals surface area contributed by atoms with Crippen molar-refractivity contribution in [3.63, 3.8) is 0 Å². The summed E-state index contributed by atoms with van der Waals surface area (Å²) in [7, 11) is 0. The monoisotopic (exact) mass is 294 g/mol. The standard InChI is InChI=1S/C19H22N2O/c1-19(22)8-15-14-3-2-4-16-18(14)13(9-20-16)7-17(15)21(11-19)10-12-5-6-12/h2-4,8-9,12,17,20,22H,5-7,10-11H2,1H3. The van der Waals surface area contributed by atoms with Crippen molar-refractivity contribution in [2.75, 3.05) is 13.1 Å². The van der Waals surface area contributed by atoms with E-state index in [1.54, 1.807) is 0 Å². The number of H-pyrrole nitrogens is 1. The number of fused-ring (bicyclic) bond motifs is 2. The van der Waals surface area contributed by atoms with Crippen LogP contribution in [0.3, 0.4) is 0 Å². The van der Waals surface area contributed by atoms with Crippen LogP contribution in [-0.2, 0) is 6.42 Å². The number of aromatic nitrogens is 1. The normalized spacial score (nSPS) is 31.2. The molecule has 22 heavy (non-hydrogen) atoms. The van der Waals surface area contributed by atoms with Crippen LogP contribution < -0.4 is 0 Å². The maximum Gasteiger partial charge on any atom is 0.0932 e. The van der Waals surface area contributed by atoms with E-state index in [9.17, 15) is 5.11 Å². The summed E-state index contributed by atoms with van der Waals surface area (Å²) < 4.78 is 0. The van der Waals surface area contributed by atoms with Gasteiger partial charge in [0.05, 0.1) is 5.60 Å². The summed E-state index contributed by atoms with van der Waals surface area (Å²) in [6, 6.07) is 6.91. The van der Waals surface area contributed by atoms with Crippen LogP contribution in [0.25, 0.3) is 16.5 Å². The number of nitrogens with one attached hydrogen (secondary N) is 1. The van der Waals surface area contributed by atoms with Gasteiger partial charge in [-0.2, -0.15) is 0 Å². The Morgan fingerprint density at radius 3 is 3.05 bits per heavy atom. The molecule has 2 aliphatic carbocycles. The predicted molar refractivity (Wildman–Crippen MR) is 88.7 cm³/mol. The molecule has 3 nitrogen and oxygen atoms in total. The third-order valence-electron chi connectivity index (χ3n) is 5.49. The molecule has 0 radical (unpaired) electrons. The van der Waals surface area contributed by atoms with Crippen LogP contribution in [0, 0.1) is 5.92 Å². The van der Waals surface area contributed by atoms with Crippen molar-refractivity contribution in [2.24, 2.45) is 5.92 Å². The van der Waals surface area contributed by atoms with Gasteiger partial charge in [0.1, 0.15) is 0 Å². The van der Waals surface area contributed by atoms with Crippen LogP contribution in [0.15, 0.2) is 30.5 Å². The highest BCUT2D eigenvalue weighted by Gasteiger charge is 2.40. The fourth-order valence-electron chi connectivity index (χ4n) is 4.38. The molecule has 1 fully saturated rings. The van der Waals surface area contributed by atoms with Crippen molar-refractivity contribution in [3.05, 3.63) is 41.6 Å². The zero-order valence-electron chi connectivity index (χ0n) is 13.0. The van der Waals surface area contributed by atoms with Crippen LogP contribution in [0.1, 0.15) is 30.9 Å². The van der Waals surface area contributed by atoms with E-state index in [0.29, 0.717) is 6.04 Å². The Morgan fingerprint density at radius 2 is 2.23 bits per heavy atom. The van der Waals surface area contributed by atoms with Crippen molar-refractivity contribution in [1.29, 1.82) is 0 Å². The maximum atomic E-state index is 10.7. The van der Waals surface area contributed by atoms with Crippen LogP contribution in [0.5, 0.6) is 0 Å². The van der Waals surface area contributed by atoms with Gasteiger partial charge in [0.15, 0.2) is 0 Å². The highest BCUT2D eigenvalue weighted by atomic mass is 16.3. The average molecular weight is 294 g/mol. The fourth-order valence-corrected chi connectivity index (χ4v) is 4.38. The van der Waals surface area contributed by atoms with Gasteiger partial charge in [-0.15, -0.1) is 0 Å². The Hall–Kier alpha value is -1.58. The summed E-state index contributed by atoms with van der Waals surface area (Å²) in [6.45, 7) is 3.84. The van der Waals surface area contributed by atoms with Crippen molar-refractivity contribution in [1.82, 2.24) is 9.88 Å². The summed E-state index contributed by atoms with van der Waals surface area (Å²) in [5.41, 5.74) is 4.55. The second-order valence-corrected chi connectivity index (χ2v) is 7.59. The highest BCUT2D eigenvalue weighted by Crippen LogP contribution is 2.43. The van der Waals surface area contributed by atoms with Crippen LogP contribution in [0.4, 0.5) is 0 Å². The number of nitrogens with zero attached hydrogens (tertiary/aromatic N) is 1. The lowest BCUT2D eigenvalue weighted by atomic mass is 9.79. The number of rotatable bonds is 2. The Balaban J connectivity index is 1.67. The largest absolute Gasteiger partial charge is 0.385 e. The van der Waals surface area contributed by atoms with E-state index in [1.807, 2.05) is 6.92 Å². The molecule has 0 amide bonds. The average Bonchev–Trinajstić information content (AvgIpc) is 3.19. The molecular formula is C19H22N2O. The van der Waals surface area contributed by atoms with E-state index in [4.69, 9.17) is 0 Å². The summed E-state index contributed by atoms with van der Waals surface area (Å²) >= 11 is 0. The number of benzene rings is 1. The first-order valence-corrected chi connectivity index (χ1v) is 8.39. The molecule has 3 heteroatoms. The maximum absolute atomic E-state index is 10.7. The minimum atomic E-state index is -0.725. The van der Waals surface area contributed by atoms with E-state index in [-0.39, 0.29) is 0 Å². The minimum absolute atomic E-state index is 0.426. The Labute approximate surface area is 130 Å². The van der Waals surface area contributed by atoms with Crippen LogP contribution in [0.2, 0.25) is 0 Å². The molecule has 0 spiro atoms. The lowest BCUT2D eigenvalue weighted by molar-refractivity contribution is 0.0403. The van der Waals surface area contributed by atoms with Gasteiger partial charge < -0.3 is 10.1 Å². The summed E-state index contributed by atoms with van der Waals surface area (Å²) in [4.78, 5) is 5.94. The SMILES string of the molecule is CC1(O)C=C2c3cccc4[nH]cc(c34)CC2N(CC2CC2)C1. The molecule has 0 saturated heterocycles. The van der Waals surface area contributed by atoms with Gasteiger partial charge in [0, 0.05) is 36.2 Å². The summed E-state index contributed by atoms with van der Waals surface area (Å²) in [5.74, 6) is 0.846. The summed E-state index contributed by atoms with van der Waals surface area (Å²) in [6.07, 6.45) is 8.06. The Morgan fingerprint density at radius 1 is 1.36 bits per heavy atom. The molecule has 2 aromatic rings. The molecule has 2 unspecified atom stereocenters. The van der Waals surface area contributed by atoms with Gasteiger partial charge in [0.2, 0.25) is 0 Å². The van der Waals surface area contributed by atoms with Gasteiger partial charge in [-0.3, -0.25) is 4.90 Å². The molecule has 0 bridgehead atoms. The van der Waals surface area contributed by atoms with Crippen molar-refractivity contribution in [2.45, 2.75) is 37.8 Å². The van der Waals surface area contributed by atoms with E-state index in [0.717, 1.165) is 25.4 Å². The van der Waals surface area contributed by atoms with Gasteiger partial charge in [-0.25, -0.2) is 0 Å². The molecular weight excluding hydrogens is 272 g/mol. The van der Waals surface area contributed by atoms with Crippen molar-refractivity contribution >= 4 is 16.5 Å². The number of aromatic amines is 1. The lowest BCUT2D eigenvalue weighted by Gasteiger charge is -2.44. The Bertz CT molecular complexity index is 782. The minimum Gasteiger partial charge on any atom is -0.385 e. The quantitative estimate of drug-likeness (QED) is 0.894. The van der Waals surface area contributed by atoms with Crippen LogP contribution in [-0.4, -0.2) is 39.7 Å². The Kier molecular flexibility index (Phi) is 2.49. The molecule has 1 aliphatic heterocycles. The highest BCUT2D eigenvalue weighted by molar-refractivity contribution is 5.98. The van der Waals surface area contributed by atoms with Gasteiger partial charge in [0.25, 0.3) is 0 Å². The lowest BCUT2D eigenvalue weighted by Crippen LogP contribution is -2.51. The third-order valence-corrected chi connectivity index (χ3v) is 5.49. The molecule has 2 heterocycles. The number of aliphatic hydroxyl groups is 1. The van der Waals surface area contributed by atoms with Gasteiger partial charge >= 0.3 is 0 Å². The molecule has 1 aromatic heterocycles. The fraction of sp³-hybridized carbons (Fsp3) is 0.474. The molecule has 1 saturated carbocycles. The van der Waals surface area contributed by atoms with Gasteiger partial charge in [-0.05, 0) is 60.9 Å². The predicted octanol–water partition coefficient (Wildman–Crippen LogP) is 2.95. The van der Waals surface area contributed by atoms with Crippen LogP contribution >= 0.6 is 0 Å². The topological polar surface area (TPSA) is 39.3 Å². The first kappa shape index (κ1) is 12.9.